The molecule has 1 atom stereocenters. The second-order valence-corrected chi connectivity index (χ2v) is 5.64. The second-order valence-electron chi connectivity index (χ2n) is 5.64. The molecule has 2 heterocycles. The van der Waals surface area contributed by atoms with Crippen LogP contribution in [-0.2, 0) is 9.53 Å². The van der Waals surface area contributed by atoms with Crippen LogP contribution in [0.25, 0.3) is 0 Å². The number of piperazine rings is 1. The topological polar surface area (TPSA) is 44.8 Å². The van der Waals surface area contributed by atoms with Gasteiger partial charge in [0.1, 0.15) is 0 Å². The lowest BCUT2D eigenvalue weighted by Gasteiger charge is -2.33. The largest absolute Gasteiger partial charge is 0.384 e. The molecule has 2 aliphatic heterocycles. The van der Waals surface area contributed by atoms with Crippen LogP contribution in [0.3, 0.4) is 0 Å². The number of nitrogens with one attached hydrogen (secondary N) is 1. The first kappa shape index (κ1) is 14.8. The summed E-state index contributed by atoms with van der Waals surface area (Å²) in [6.45, 7) is 7.58. The average Bonchev–Trinajstić information content (AvgIpc) is 2.46. The highest BCUT2D eigenvalue weighted by Gasteiger charge is 2.21. The van der Waals surface area contributed by atoms with Gasteiger partial charge in [-0.25, -0.2) is 0 Å². The van der Waals surface area contributed by atoms with E-state index in [0.717, 1.165) is 52.4 Å². The van der Waals surface area contributed by atoms with Gasteiger partial charge >= 0.3 is 0 Å². The Kier molecular flexibility index (Phi) is 6.07. The molecular formula is C14H27N3O2. The van der Waals surface area contributed by atoms with Crippen molar-refractivity contribution in [3.63, 3.8) is 0 Å². The highest BCUT2D eigenvalue weighted by atomic mass is 16.5. The molecule has 0 aliphatic carbocycles. The fourth-order valence-corrected chi connectivity index (χ4v) is 3.05. The summed E-state index contributed by atoms with van der Waals surface area (Å²) in [6, 6.07) is 0. The SMILES string of the molecule is COCC1CCCN(CCC(=O)N2CCNCC2)C1. The summed E-state index contributed by atoms with van der Waals surface area (Å²) >= 11 is 0. The number of amides is 1. The molecule has 2 saturated heterocycles. The normalized spacial score (nSPS) is 25.5. The van der Waals surface area contributed by atoms with Crippen molar-refractivity contribution in [3.8, 4) is 0 Å². The number of methoxy groups -OCH3 is 1. The van der Waals surface area contributed by atoms with E-state index in [0.29, 0.717) is 18.2 Å². The Labute approximate surface area is 116 Å². The third-order valence-corrected chi connectivity index (χ3v) is 4.12. The zero-order valence-corrected chi connectivity index (χ0v) is 12.1. The van der Waals surface area contributed by atoms with Crippen LogP contribution in [0.2, 0.25) is 0 Å². The van der Waals surface area contributed by atoms with Crippen molar-refractivity contribution in [2.75, 3.05) is 59.5 Å². The molecule has 1 N–H and O–H groups in total. The van der Waals surface area contributed by atoms with Crippen LogP contribution >= 0.6 is 0 Å². The first-order chi connectivity index (χ1) is 9.29. The van der Waals surface area contributed by atoms with Crippen molar-refractivity contribution in [2.24, 2.45) is 5.92 Å². The zero-order chi connectivity index (χ0) is 13.5. The van der Waals surface area contributed by atoms with Crippen LogP contribution in [0.4, 0.5) is 0 Å². The van der Waals surface area contributed by atoms with Crippen LogP contribution in [0.1, 0.15) is 19.3 Å². The lowest BCUT2D eigenvalue weighted by atomic mass is 9.99. The third-order valence-electron chi connectivity index (χ3n) is 4.12. The van der Waals surface area contributed by atoms with E-state index in [2.05, 4.69) is 10.2 Å². The molecule has 5 heteroatoms. The molecule has 110 valence electrons. The molecule has 0 spiro atoms. The molecule has 0 bridgehead atoms. The molecular weight excluding hydrogens is 242 g/mol. The van der Waals surface area contributed by atoms with Crippen LogP contribution in [0, 0.1) is 5.92 Å². The number of likely N-dealkylation sites (tertiary alicyclic amines) is 1. The molecule has 2 aliphatic rings. The maximum Gasteiger partial charge on any atom is 0.223 e. The molecule has 1 unspecified atom stereocenters. The number of hydrogen-bond acceptors (Lipinski definition) is 4. The first-order valence-electron chi connectivity index (χ1n) is 7.49. The summed E-state index contributed by atoms with van der Waals surface area (Å²) in [5.41, 5.74) is 0. The zero-order valence-electron chi connectivity index (χ0n) is 12.1. The predicted octanol–water partition coefficient (Wildman–Crippen LogP) is 0.167. The Morgan fingerprint density at radius 2 is 2.11 bits per heavy atom. The Morgan fingerprint density at radius 3 is 2.84 bits per heavy atom. The van der Waals surface area contributed by atoms with Crippen LogP contribution in [0.5, 0.6) is 0 Å². The maximum atomic E-state index is 12.1. The molecule has 2 fully saturated rings. The summed E-state index contributed by atoms with van der Waals surface area (Å²) in [5.74, 6) is 0.961. The Hall–Kier alpha value is -0.650. The van der Waals surface area contributed by atoms with Gasteiger partial charge in [0.15, 0.2) is 0 Å². The fraction of sp³-hybridized carbons (Fsp3) is 0.929. The summed E-state index contributed by atoms with van der Waals surface area (Å²) in [6.07, 6.45) is 3.16. The third kappa shape index (κ3) is 4.75. The van der Waals surface area contributed by atoms with Crippen molar-refractivity contribution in [1.82, 2.24) is 15.1 Å². The van der Waals surface area contributed by atoms with E-state index in [1.807, 2.05) is 4.90 Å². The van der Waals surface area contributed by atoms with Crippen molar-refractivity contribution in [1.29, 1.82) is 0 Å². The number of carbonyl (C=O) groups is 1. The summed E-state index contributed by atoms with van der Waals surface area (Å²) < 4.78 is 5.24. The van der Waals surface area contributed by atoms with Gasteiger partial charge in [-0.15, -0.1) is 0 Å². The molecule has 0 saturated carbocycles. The first-order valence-corrected chi connectivity index (χ1v) is 7.49. The maximum absolute atomic E-state index is 12.1. The van der Waals surface area contributed by atoms with Gasteiger partial charge in [-0.3, -0.25) is 4.79 Å². The number of nitrogens with zero attached hydrogens (tertiary/aromatic N) is 2. The summed E-state index contributed by atoms with van der Waals surface area (Å²) in [5, 5.41) is 3.28. The quantitative estimate of drug-likeness (QED) is 0.772. The standard InChI is InChI=1S/C14H27N3O2/c1-19-12-13-3-2-7-16(11-13)8-4-14(18)17-9-5-15-6-10-17/h13,15H,2-12H2,1H3. The van der Waals surface area contributed by atoms with Crippen LogP contribution in [-0.4, -0.2) is 75.2 Å². The lowest BCUT2D eigenvalue weighted by Crippen LogP contribution is -2.47. The van der Waals surface area contributed by atoms with Gasteiger partial charge in [-0.1, -0.05) is 0 Å². The van der Waals surface area contributed by atoms with Crippen molar-refractivity contribution >= 4 is 5.91 Å². The van der Waals surface area contributed by atoms with E-state index in [9.17, 15) is 4.79 Å². The summed E-state index contributed by atoms with van der Waals surface area (Å²) in [7, 11) is 1.77. The van der Waals surface area contributed by atoms with Gasteiger partial charge in [-0.2, -0.15) is 0 Å². The Balaban J connectivity index is 1.67. The molecule has 19 heavy (non-hydrogen) atoms. The number of hydrogen-bond donors (Lipinski definition) is 1. The molecule has 1 amide bonds. The van der Waals surface area contributed by atoms with Gasteiger partial charge in [0.25, 0.3) is 0 Å². The van der Waals surface area contributed by atoms with Gasteiger partial charge in [-0.05, 0) is 25.3 Å². The average molecular weight is 269 g/mol. The molecule has 0 radical (unpaired) electrons. The fourth-order valence-electron chi connectivity index (χ4n) is 3.05. The van der Waals surface area contributed by atoms with E-state index in [4.69, 9.17) is 4.74 Å². The van der Waals surface area contributed by atoms with Gasteiger partial charge < -0.3 is 19.9 Å². The minimum absolute atomic E-state index is 0.315. The van der Waals surface area contributed by atoms with Crippen LogP contribution < -0.4 is 5.32 Å². The lowest BCUT2D eigenvalue weighted by molar-refractivity contribution is -0.132. The molecule has 5 nitrogen and oxygen atoms in total. The molecule has 0 aromatic rings. The van der Waals surface area contributed by atoms with Crippen molar-refractivity contribution in [3.05, 3.63) is 0 Å². The van der Waals surface area contributed by atoms with Gasteiger partial charge in [0.2, 0.25) is 5.91 Å². The smallest absolute Gasteiger partial charge is 0.223 e. The van der Waals surface area contributed by atoms with Gasteiger partial charge in [0.05, 0.1) is 6.61 Å². The minimum Gasteiger partial charge on any atom is -0.384 e. The monoisotopic (exact) mass is 269 g/mol. The Bertz CT molecular complexity index is 278. The van der Waals surface area contributed by atoms with Crippen molar-refractivity contribution < 1.29 is 9.53 Å². The molecule has 0 aromatic heterocycles. The minimum atomic E-state index is 0.315. The number of piperidine rings is 1. The highest BCUT2D eigenvalue weighted by molar-refractivity contribution is 5.76. The molecule has 2 rings (SSSR count). The van der Waals surface area contributed by atoms with Crippen LogP contribution in [0.15, 0.2) is 0 Å². The number of ether oxygens (including phenoxy) is 1. The second kappa shape index (κ2) is 7.82. The van der Waals surface area contributed by atoms with E-state index in [1.165, 1.54) is 12.8 Å². The molecule has 0 aromatic carbocycles. The predicted molar refractivity (Wildman–Crippen MR) is 75.1 cm³/mol. The summed E-state index contributed by atoms with van der Waals surface area (Å²) in [4.78, 5) is 16.5. The highest BCUT2D eigenvalue weighted by Crippen LogP contribution is 2.16. The van der Waals surface area contributed by atoms with E-state index >= 15 is 0 Å². The van der Waals surface area contributed by atoms with E-state index in [1.54, 1.807) is 7.11 Å². The number of carbonyl (C=O) groups excluding carboxylic acids is 1. The Morgan fingerprint density at radius 1 is 1.32 bits per heavy atom. The van der Waals surface area contributed by atoms with Gasteiger partial charge in [0, 0.05) is 52.8 Å². The van der Waals surface area contributed by atoms with E-state index < -0.39 is 0 Å². The number of rotatable bonds is 5. The van der Waals surface area contributed by atoms with Crippen molar-refractivity contribution in [2.45, 2.75) is 19.3 Å². The van der Waals surface area contributed by atoms with E-state index in [-0.39, 0.29) is 0 Å².